The molecule has 1 unspecified atom stereocenters. The molecule has 0 bridgehead atoms. The number of morpholine rings is 1. The van der Waals surface area contributed by atoms with Gasteiger partial charge in [0.25, 0.3) is 0 Å². The van der Waals surface area contributed by atoms with E-state index in [4.69, 9.17) is 4.74 Å². The van der Waals surface area contributed by atoms with E-state index in [9.17, 15) is 0 Å². The predicted octanol–water partition coefficient (Wildman–Crippen LogP) is 1.63. The van der Waals surface area contributed by atoms with Crippen molar-refractivity contribution in [2.75, 3.05) is 57.9 Å². The van der Waals surface area contributed by atoms with Crippen LogP contribution in [0.5, 0.6) is 0 Å². The van der Waals surface area contributed by atoms with Crippen LogP contribution in [0.2, 0.25) is 0 Å². The summed E-state index contributed by atoms with van der Waals surface area (Å²) in [5.41, 5.74) is 0.268. The third-order valence-electron chi connectivity index (χ3n) is 4.25. The number of nitrogens with zero attached hydrogens (tertiary/aromatic N) is 2. The SMILES string of the molecule is CN=C(NCC(C)C)NCC1(N2CCOCC2)CCSC1.I. The Morgan fingerprint density at radius 3 is 2.59 bits per heavy atom. The van der Waals surface area contributed by atoms with Crippen LogP contribution in [-0.2, 0) is 4.74 Å². The van der Waals surface area contributed by atoms with Crippen LogP contribution in [0.3, 0.4) is 0 Å². The van der Waals surface area contributed by atoms with Crippen molar-refractivity contribution in [1.82, 2.24) is 15.5 Å². The van der Waals surface area contributed by atoms with Gasteiger partial charge in [0.15, 0.2) is 5.96 Å². The molecule has 0 aliphatic carbocycles. The molecule has 22 heavy (non-hydrogen) atoms. The lowest BCUT2D eigenvalue weighted by atomic mass is 9.95. The van der Waals surface area contributed by atoms with Crippen molar-refractivity contribution in [1.29, 1.82) is 0 Å². The average Bonchev–Trinajstić information content (AvgIpc) is 2.98. The predicted molar refractivity (Wildman–Crippen MR) is 107 cm³/mol. The smallest absolute Gasteiger partial charge is 0.191 e. The van der Waals surface area contributed by atoms with Crippen LogP contribution in [0, 0.1) is 5.92 Å². The van der Waals surface area contributed by atoms with Gasteiger partial charge in [-0.25, -0.2) is 0 Å². The maximum Gasteiger partial charge on any atom is 0.191 e. The van der Waals surface area contributed by atoms with E-state index in [0.29, 0.717) is 5.92 Å². The van der Waals surface area contributed by atoms with E-state index < -0.39 is 0 Å². The number of hydrogen-bond donors (Lipinski definition) is 2. The number of nitrogens with one attached hydrogen (secondary N) is 2. The molecule has 2 N–H and O–H groups in total. The highest BCUT2D eigenvalue weighted by Gasteiger charge is 2.40. The summed E-state index contributed by atoms with van der Waals surface area (Å²) in [5, 5.41) is 6.95. The first-order valence-corrected chi connectivity index (χ1v) is 9.17. The van der Waals surface area contributed by atoms with E-state index in [2.05, 4.69) is 46.1 Å². The van der Waals surface area contributed by atoms with E-state index in [1.54, 1.807) is 0 Å². The van der Waals surface area contributed by atoms with Gasteiger partial charge in [-0.3, -0.25) is 9.89 Å². The highest BCUT2D eigenvalue weighted by atomic mass is 127. The van der Waals surface area contributed by atoms with Crippen LogP contribution in [0.4, 0.5) is 0 Å². The van der Waals surface area contributed by atoms with Gasteiger partial charge in [-0.05, 0) is 18.1 Å². The minimum Gasteiger partial charge on any atom is -0.379 e. The number of rotatable bonds is 5. The Morgan fingerprint density at radius 1 is 1.32 bits per heavy atom. The fourth-order valence-electron chi connectivity index (χ4n) is 2.90. The van der Waals surface area contributed by atoms with Gasteiger partial charge in [-0.1, -0.05) is 13.8 Å². The molecular weight excluding hydrogens is 411 g/mol. The Balaban J connectivity index is 0.00000242. The van der Waals surface area contributed by atoms with Crippen molar-refractivity contribution in [2.24, 2.45) is 10.9 Å². The zero-order valence-electron chi connectivity index (χ0n) is 14.1. The van der Waals surface area contributed by atoms with Gasteiger partial charge in [0, 0.05) is 44.5 Å². The number of hydrogen-bond acceptors (Lipinski definition) is 4. The fraction of sp³-hybridized carbons (Fsp3) is 0.933. The molecule has 2 heterocycles. The summed E-state index contributed by atoms with van der Waals surface area (Å²) in [7, 11) is 1.85. The van der Waals surface area contributed by atoms with Crippen LogP contribution in [0.25, 0.3) is 0 Å². The van der Waals surface area contributed by atoms with Gasteiger partial charge >= 0.3 is 0 Å². The van der Waals surface area contributed by atoms with Crippen LogP contribution >= 0.6 is 35.7 Å². The number of guanidine groups is 1. The monoisotopic (exact) mass is 442 g/mol. The Hall–Kier alpha value is 0.270. The molecule has 0 aromatic heterocycles. The zero-order valence-corrected chi connectivity index (χ0v) is 17.2. The molecule has 2 fully saturated rings. The molecule has 2 aliphatic rings. The number of aliphatic imine (C=N–C) groups is 1. The van der Waals surface area contributed by atoms with Crippen molar-refractivity contribution in [3.05, 3.63) is 0 Å². The largest absolute Gasteiger partial charge is 0.379 e. The topological polar surface area (TPSA) is 48.9 Å². The first kappa shape index (κ1) is 20.3. The maximum absolute atomic E-state index is 5.51. The minimum atomic E-state index is 0. The lowest BCUT2D eigenvalue weighted by molar-refractivity contribution is -0.0120. The molecule has 0 aromatic rings. The minimum absolute atomic E-state index is 0. The molecule has 0 saturated carbocycles. The second kappa shape index (κ2) is 10.2. The van der Waals surface area contributed by atoms with Crippen molar-refractivity contribution in [3.8, 4) is 0 Å². The molecule has 0 aromatic carbocycles. The molecule has 0 radical (unpaired) electrons. The maximum atomic E-state index is 5.51. The lowest BCUT2D eigenvalue weighted by Crippen LogP contribution is -2.60. The number of ether oxygens (including phenoxy) is 1. The summed E-state index contributed by atoms with van der Waals surface area (Å²) in [6, 6.07) is 0. The first-order valence-electron chi connectivity index (χ1n) is 8.01. The molecule has 2 saturated heterocycles. The fourth-order valence-corrected chi connectivity index (χ4v) is 4.38. The third kappa shape index (κ3) is 5.72. The summed E-state index contributed by atoms with van der Waals surface area (Å²) >= 11 is 2.07. The van der Waals surface area contributed by atoms with Gasteiger partial charge in [0.1, 0.15) is 0 Å². The quantitative estimate of drug-likeness (QED) is 0.385. The second-order valence-electron chi connectivity index (χ2n) is 6.33. The van der Waals surface area contributed by atoms with Gasteiger partial charge in [0.2, 0.25) is 0 Å². The molecule has 2 aliphatic heterocycles. The second-order valence-corrected chi connectivity index (χ2v) is 7.43. The van der Waals surface area contributed by atoms with Crippen LogP contribution in [0.1, 0.15) is 20.3 Å². The van der Waals surface area contributed by atoms with Gasteiger partial charge in [-0.2, -0.15) is 11.8 Å². The Bertz CT molecular complexity index is 342. The van der Waals surface area contributed by atoms with Crippen LogP contribution in [0.15, 0.2) is 4.99 Å². The average molecular weight is 442 g/mol. The third-order valence-corrected chi connectivity index (χ3v) is 5.48. The van der Waals surface area contributed by atoms with Crippen molar-refractivity contribution >= 4 is 41.7 Å². The molecular formula is C15H31IN4OS. The first-order chi connectivity index (χ1) is 10.2. The van der Waals surface area contributed by atoms with Gasteiger partial charge in [0.05, 0.1) is 13.2 Å². The van der Waals surface area contributed by atoms with Crippen molar-refractivity contribution in [2.45, 2.75) is 25.8 Å². The van der Waals surface area contributed by atoms with Crippen molar-refractivity contribution < 1.29 is 4.74 Å². The van der Waals surface area contributed by atoms with Crippen molar-refractivity contribution in [3.63, 3.8) is 0 Å². The van der Waals surface area contributed by atoms with E-state index in [1.165, 1.54) is 17.9 Å². The molecule has 0 amide bonds. The van der Waals surface area contributed by atoms with Crippen LogP contribution < -0.4 is 10.6 Å². The Kier molecular flexibility index (Phi) is 9.42. The Labute approximate surface area is 156 Å². The lowest BCUT2D eigenvalue weighted by Gasteiger charge is -2.43. The standard InChI is InChI=1S/C15H30N4OS.HI/c1-13(2)10-17-14(16-3)18-11-15(4-9-21-12-15)19-5-7-20-8-6-19;/h13H,4-12H2,1-3H3,(H2,16,17,18);1H. The highest BCUT2D eigenvalue weighted by Crippen LogP contribution is 2.33. The van der Waals surface area contributed by atoms with Crippen LogP contribution in [-0.4, -0.2) is 74.3 Å². The molecule has 5 nitrogen and oxygen atoms in total. The van der Waals surface area contributed by atoms with E-state index in [1.807, 2.05) is 7.05 Å². The van der Waals surface area contributed by atoms with E-state index >= 15 is 0 Å². The zero-order chi connectivity index (χ0) is 15.1. The summed E-state index contributed by atoms with van der Waals surface area (Å²) in [6.07, 6.45) is 1.26. The molecule has 7 heteroatoms. The Morgan fingerprint density at radius 2 is 2.05 bits per heavy atom. The normalized spacial score (nSPS) is 26.8. The number of thioether (sulfide) groups is 1. The van der Waals surface area contributed by atoms with E-state index in [0.717, 1.165) is 45.4 Å². The molecule has 2 rings (SSSR count). The summed E-state index contributed by atoms with van der Waals surface area (Å²) in [4.78, 5) is 6.97. The summed E-state index contributed by atoms with van der Waals surface area (Å²) < 4.78 is 5.51. The molecule has 0 spiro atoms. The van der Waals surface area contributed by atoms with Gasteiger partial charge in [-0.15, -0.1) is 24.0 Å². The molecule has 130 valence electrons. The highest BCUT2D eigenvalue weighted by molar-refractivity contribution is 14.0. The molecule has 1 atom stereocenters. The summed E-state index contributed by atoms with van der Waals surface area (Å²) in [6.45, 7) is 10.2. The number of halogens is 1. The summed E-state index contributed by atoms with van der Waals surface area (Å²) in [5.74, 6) is 4.02. The van der Waals surface area contributed by atoms with E-state index in [-0.39, 0.29) is 29.5 Å². The van der Waals surface area contributed by atoms with Gasteiger partial charge < -0.3 is 15.4 Å².